The van der Waals surface area contributed by atoms with Gasteiger partial charge in [0.15, 0.2) is 5.58 Å². The first-order valence-corrected chi connectivity index (χ1v) is 7.75. The van der Waals surface area contributed by atoms with Crippen molar-refractivity contribution >= 4 is 35.0 Å². The largest absolute Gasteiger partial charge is 0.447 e. The summed E-state index contributed by atoms with van der Waals surface area (Å²) in [5.74, 6) is -1.46. The summed E-state index contributed by atoms with van der Waals surface area (Å²) in [4.78, 5) is 31.8. The molecule has 132 valence electrons. The molecule has 0 aliphatic rings. The fourth-order valence-electron chi connectivity index (χ4n) is 2.30. The standard InChI is InChI=1S/C18H16N4O4/c1-11(23)25-15(12-7-3-2-4-8-12)16(24)21-17(19)22-18-20-13-9-5-6-10-14(13)26-18/h2-10,15H,1H3,(H3,19,20,21,22,24)/t15-/m1/s1. The maximum atomic E-state index is 12.5. The third-order valence-corrected chi connectivity index (χ3v) is 3.37. The molecule has 1 heterocycles. The number of aliphatic imine (C=N–C) groups is 1. The van der Waals surface area contributed by atoms with Gasteiger partial charge in [-0.1, -0.05) is 42.5 Å². The van der Waals surface area contributed by atoms with E-state index in [4.69, 9.17) is 14.9 Å². The molecule has 1 atom stereocenters. The van der Waals surface area contributed by atoms with Crippen LogP contribution in [0.1, 0.15) is 18.6 Å². The first-order chi connectivity index (χ1) is 12.5. The number of hydrogen-bond donors (Lipinski definition) is 2. The quantitative estimate of drug-likeness (QED) is 0.422. The lowest BCUT2D eigenvalue weighted by molar-refractivity contribution is -0.153. The summed E-state index contributed by atoms with van der Waals surface area (Å²) in [5, 5.41) is 2.39. The number of para-hydroxylation sites is 2. The van der Waals surface area contributed by atoms with Gasteiger partial charge in [0.1, 0.15) is 5.52 Å². The van der Waals surface area contributed by atoms with Gasteiger partial charge in [0, 0.05) is 12.5 Å². The van der Waals surface area contributed by atoms with Gasteiger partial charge in [-0.15, -0.1) is 0 Å². The van der Waals surface area contributed by atoms with Crippen LogP contribution < -0.4 is 11.1 Å². The topological polar surface area (TPSA) is 120 Å². The minimum Gasteiger partial charge on any atom is -0.447 e. The number of benzene rings is 2. The van der Waals surface area contributed by atoms with Crippen molar-refractivity contribution < 1.29 is 18.7 Å². The van der Waals surface area contributed by atoms with Crippen LogP contribution in [0, 0.1) is 0 Å². The van der Waals surface area contributed by atoms with Crippen molar-refractivity contribution in [3.63, 3.8) is 0 Å². The highest BCUT2D eigenvalue weighted by molar-refractivity contribution is 5.99. The number of esters is 1. The Kier molecular flexibility index (Phi) is 4.93. The van der Waals surface area contributed by atoms with E-state index in [0.29, 0.717) is 16.7 Å². The van der Waals surface area contributed by atoms with Gasteiger partial charge in [0.05, 0.1) is 0 Å². The Labute approximate surface area is 148 Å². The van der Waals surface area contributed by atoms with Crippen molar-refractivity contribution in [2.75, 3.05) is 0 Å². The van der Waals surface area contributed by atoms with E-state index in [1.807, 2.05) is 6.07 Å². The Bertz CT molecular complexity index is 932. The number of oxazole rings is 1. The number of rotatable bonds is 4. The van der Waals surface area contributed by atoms with Crippen molar-refractivity contribution in [1.82, 2.24) is 10.3 Å². The molecule has 3 aromatic rings. The second-order valence-corrected chi connectivity index (χ2v) is 5.35. The van der Waals surface area contributed by atoms with Gasteiger partial charge in [-0.25, -0.2) is 0 Å². The van der Waals surface area contributed by atoms with Gasteiger partial charge >= 0.3 is 12.0 Å². The molecule has 0 saturated carbocycles. The monoisotopic (exact) mass is 352 g/mol. The fourth-order valence-corrected chi connectivity index (χ4v) is 2.30. The number of guanidine groups is 1. The van der Waals surface area contributed by atoms with Gasteiger partial charge in [-0.05, 0) is 12.1 Å². The minimum absolute atomic E-state index is 0.00717. The molecule has 0 aliphatic carbocycles. The Morgan fingerprint density at radius 2 is 1.85 bits per heavy atom. The van der Waals surface area contributed by atoms with Crippen molar-refractivity contribution in [3.05, 3.63) is 60.2 Å². The smallest absolute Gasteiger partial charge is 0.325 e. The molecule has 0 aliphatic heterocycles. The summed E-state index contributed by atoms with van der Waals surface area (Å²) in [6.07, 6.45) is -1.15. The van der Waals surface area contributed by atoms with Gasteiger partial charge in [-0.3, -0.25) is 14.9 Å². The van der Waals surface area contributed by atoms with Gasteiger partial charge < -0.3 is 14.9 Å². The SMILES string of the molecule is CC(=O)O[C@@H](C(=O)NC(N)=Nc1nc2ccccc2o1)c1ccccc1. The predicted octanol–water partition coefficient (Wildman–Crippen LogP) is 2.19. The first kappa shape index (κ1) is 17.2. The zero-order valence-corrected chi connectivity index (χ0v) is 13.9. The summed E-state index contributed by atoms with van der Waals surface area (Å²) in [5.41, 5.74) is 7.43. The van der Waals surface area contributed by atoms with Crippen LogP contribution in [0.15, 0.2) is 64.0 Å². The number of fused-ring (bicyclic) bond motifs is 1. The van der Waals surface area contributed by atoms with E-state index >= 15 is 0 Å². The first-order valence-electron chi connectivity index (χ1n) is 7.75. The van der Waals surface area contributed by atoms with Crippen molar-refractivity contribution in [2.24, 2.45) is 10.7 Å². The van der Waals surface area contributed by atoms with E-state index in [9.17, 15) is 9.59 Å². The zero-order valence-electron chi connectivity index (χ0n) is 13.9. The van der Waals surface area contributed by atoms with Crippen molar-refractivity contribution in [3.8, 4) is 0 Å². The highest BCUT2D eigenvalue weighted by atomic mass is 16.5. The number of carbonyl (C=O) groups is 2. The second-order valence-electron chi connectivity index (χ2n) is 5.35. The maximum Gasteiger partial charge on any atom is 0.325 e. The number of hydrogen-bond acceptors (Lipinski definition) is 6. The van der Waals surface area contributed by atoms with E-state index in [2.05, 4.69) is 15.3 Å². The molecular formula is C18H16N4O4. The number of nitrogens with zero attached hydrogens (tertiary/aromatic N) is 2. The number of nitrogens with one attached hydrogen (secondary N) is 1. The second kappa shape index (κ2) is 7.47. The van der Waals surface area contributed by atoms with Crippen LogP contribution in [0.3, 0.4) is 0 Å². The lowest BCUT2D eigenvalue weighted by Crippen LogP contribution is -2.40. The third kappa shape index (κ3) is 4.04. The Morgan fingerprint density at radius 1 is 1.15 bits per heavy atom. The number of ether oxygens (including phenoxy) is 1. The lowest BCUT2D eigenvalue weighted by atomic mass is 10.1. The molecule has 1 aromatic heterocycles. The van der Waals surface area contributed by atoms with Gasteiger partial charge in [0.2, 0.25) is 12.1 Å². The molecule has 8 heteroatoms. The lowest BCUT2D eigenvalue weighted by Gasteiger charge is -2.16. The average molecular weight is 352 g/mol. The summed E-state index contributed by atoms with van der Waals surface area (Å²) in [6.45, 7) is 1.22. The fraction of sp³-hybridized carbons (Fsp3) is 0.111. The molecule has 26 heavy (non-hydrogen) atoms. The van der Waals surface area contributed by atoms with Crippen LogP contribution in [0.4, 0.5) is 6.01 Å². The Balaban J connectivity index is 1.78. The average Bonchev–Trinajstić information content (AvgIpc) is 3.02. The van der Waals surface area contributed by atoms with Crippen LogP contribution in [-0.2, 0) is 14.3 Å². The molecule has 3 N–H and O–H groups in total. The van der Waals surface area contributed by atoms with Crippen LogP contribution in [0.5, 0.6) is 0 Å². The van der Waals surface area contributed by atoms with Crippen molar-refractivity contribution in [1.29, 1.82) is 0 Å². The van der Waals surface area contributed by atoms with E-state index in [-0.39, 0.29) is 12.0 Å². The normalized spacial score (nSPS) is 12.6. The van der Waals surface area contributed by atoms with E-state index in [1.54, 1.807) is 48.5 Å². The molecule has 0 unspecified atom stereocenters. The highest BCUT2D eigenvalue weighted by Crippen LogP contribution is 2.20. The predicted molar refractivity (Wildman–Crippen MR) is 94.4 cm³/mol. The van der Waals surface area contributed by atoms with Gasteiger partial charge in [-0.2, -0.15) is 9.98 Å². The Morgan fingerprint density at radius 3 is 2.54 bits per heavy atom. The maximum absolute atomic E-state index is 12.5. The number of nitrogens with two attached hydrogens (primary N) is 1. The molecule has 2 aromatic carbocycles. The van der Waals surface area contributed by atoms with Gasteiger partial charge in [0.25, 0.3) is 5.91 Å². The van der Waals surface area contributed by atoms with Crippen molar-refractivity contribution in [2.45, 2.75) is 13.0 Å². The number of carbonyl (C=O) groups excluding carboxylic acids is 2. The van der Waals surface area contributed by atoms with E-state index < -0.39 is 18.0 Å². The van der Waals surface area contributed by atoms with E-state index in [0.717, 1.165) is 0 Å². The molecule has 1 amide bonds. The number of aromatic nitrogens is 1. The zero-order chi connectivity index (χ0) is 18.5. The molecule has 0 bridgehead atoms. The Hall–Kier alpha value is -3.68. The van der Waals surface area contributed by atoms with E-state index in [1.165, 1.54) is 6.92 Å². The summed E-state index contributed by atoms with van der Waals surface area (Å²) in [6, 6.07) is 15.7. The third-order valence-electron chi connectivity index (χ3n) is 3.37. The molecular weight excluding hydrogens is 336 g/mol. The summed E-state index contributed by atoms with van der Waals surface area (Å²) < 4.78 is 10.5. The summed E-state index contributed by atoms with van der Waals surface area (Å²) >= 11 is 0. The molecule has 0 spiro atoms. The minimum atomic E-state index is -1.15. The molecule has 0 radical (unpaired) electrons. The highest BCUT2D eigenvalue weighted by Gasteiger charge is 2.24. The van der Waals surface area contributed by atoms with Crippen LogP contribution in [0.2, 0.25) is 0 Å². The van der Waals surface area contributed by atoms with Crippen LogP contribution >= 0.6 is 0 Å². The molecule has 8 nitrogen and oxygen atoms in total. The summed E-state index contributed by atoms with van der Waals surface area (Å²) in [7, 11) is 0. The molecule has 3 rings (SSSR count). The molecule has 0 saturated heterocycles. The van der Waals surface area contributed by atoms with Crippen LogP contribution in [0.25, 0.3) is 11.1 Å². The number of amides is 1. The molecule has 0 fully saturated rings. The van der Waals surface area contributed by atoms with Crippen LogP contribution in [-0.4, -0.2) is 22.8 Å².